The van der Waals surface area contributed by atoms with Gasteiger partial charge < -0.3 is 10.2 Å². The van der Waals surface area contributed by atoms with E-state index in [1.54, 1.807) is 4.68 Å². The van der Waals surface area contributed by atoms with Crippen LogP contribution < -0.4 is 5.32 Å². The van der Waals surface area contributed by atoms with Gasteiger partial charge in [0.25, 0.3) is 5.91 Å². The Morgan fingerprint density at radius 2 is 2.11 bits per heavy atom. The number of aromatic nitrogens is 2. The van der Waals surface area contributed by atoms with Gasteiger partial charge in [0.2, 0.25) is 0 Å². The number of rotatable bonds is 3. The second-order valence-corrected chi connectivity index (χ2v) is 5.28. The van der Waals surface area contributed by atoms with Crippen LogP contribution in [0, 0.1) is 6.92 Å². The van der Waals surface area contributed by atoms with Crippen molar-refractivity contribution in [3.8, 4) is 0 Å². The SMILES string of the molecule is CCn1nc(C)c(C(=O)N2CCC(NC)CC2)c1Cl. The van der Waals surface area contributed by atoms with Gasteiger partial charge in [0.15, 0.2) is 0 Å². The molecule has 0 radical (unpaired) electrons. The lowest BCUT2D eigenvalue weighted by Gasteiger charge is -2.31. The molecule has 0 spiro atoms. The van der Waals surface area contributed by atoms with Crippen LogP contribution in [0.15, 0.2) is 0 Å². The number of piperidine rings is 1. The van der Waals surface area contributed by atoms with Gasteiger partial charge in [-0.3, -0.25) is 9.48 Å². The first kappa shape index (κ1) is 14.3. The van der Waals surface area contributed by atoms with Crippen LogP contribution in [0.1, 0.15) is 35.8 Å². The minimum absolute atomic E-state index is 0.0109. The largest absolute Gasteiger partial charge is 0.338 e. The number of nitrogens with zero attached hydrogens (tertiary/aromatic N) is 3. The fraction of sp³-hybridized carbons (Fsp3) is 0.692. The molecule has 0 atom stereocenters. The molecule has 1 aromatic heterocycles. The van der Waals surface area contributed by atoms with E-state index in [1.165, 1.54) is 0 Å². The molecule has 6 heteroatoms. The lowest BCUT2D eigenvalue weighted by Crippen LogP contribution is -2.44. The van der Waals surface area contributed by atoms with Crippen molar-refractivity contribution in [3.63, 3.8) is 0 Å². The summed E-state index contributed by atoms with van der Waals surface area (Å²) in [6, 6.07) is 0.513. The summed E-state index contributed by atoms with van der Waals surface area (Å²) in [6.45, 7) is 6.03. The van der Waals surface area contributed by atoms with Crippen molar-refractivity contribution in [2.75, 3.05) is 20.1 Å². The summed E-state index contributed by atoms with van der Waals surface area (Å²) >= 11 is 6.24. The molecular formula is C13H21ClN4O. The molecule has 2 rings (SSSR count). The normalized spacial score (nSPS) is 16.9. The molecule has 0 saturated carbocycles. The summed E-state index contributed by atoms with van der Waals surface area (Å²) in [5.41, 5.74) is 1.28. The third kappa shape index (κ3) is 2.77. The lowest BCUT2D eigenvalue weighted by molar-refractivity contribution is 0.0706. The van der Waals surface area contributed by atoms with Gasteiger partial charge in [-0.05, 0) is 33.7 Å². The molecule has 1 fully saturated rings. The Balaban J connectivity index is 2.14. The minimum Gasteiger partial charge on any atom is -0.338 e. The maximum Gasteiger partial charge on any atom is 0.258 e. The predicted octanol–water partition coefficient (Wildman–Crippen LogP) is 1.69. The Labute approximate surface area is 118 Å². The molecule has 5 nitrogen and oxygen atoms in total. The molecule has 19 heavy (non-hydrogen) atoms. The number of aryl methyl sites for hydroxylation is 2. The number of likely N-dealkylation sites (tertiary alicyclic amines) is 1. The summed E-state index contributed by atoms with van der Waals surface area (Å²) in [5.74, 6) is 0.0109. The standard InChI is InChI=1S/C13H21ClN4O/c1-4-18-12(14)11(9(2)16-18)13(19)17-7-5-10(15-3)6-8-17/h10,15H,4-8H2,1-3H3. The van der Waals surface area contributed by atoms with Crippen molar-refractivity contribution in [1.29, 1.82) is 0 Å². The van der Waals surface area contributed by atoms with E-state index in [2.05, 4.69) is 10.4 Å². The molecule has 1 aliphatic rings. The van der Waals surface area contributed by atoms with Gasteiger partial charge in [-0.2, -0.15) is 5.10 Å². The highest BCUT2D eigenvalue weighted by Crippen LogP contribution is 2.23. The fourth-order valence-corrected chi connectivity index (χ4v) is 2.91. The third-order valence-corrected chi connectivity index (χ3v) is 4.15. The first-order valence-corrected chi connectivity index (χ1v) is 7.15. The Kier molecular flexibility index (Phi) is 4.47. The molecule has 1 saturated heterocycles. The maximum absolute atomic E-state index is 12.5. The number of halogens is 1. The Morgan fingerprint density at radius 1 is 1.47 bits per heavy atom. The highest BCUT2D eigenvalue weighted by molar-refractivity contribution is 6.33. The van der Waals surface area contributed by atoms with E-state index in [0.717, 1.165) is 25.9 Å². The van der Waals surface area contributed by atoms with Crippen LogP contribution in [-0.4, -0.2) is 46.8 Å². The second kappa shape index (κ2) is 5.92. The van der Waals surface area contributed by atoms with E-state index in [-0.39, 0.29) is 5.91 Å². The summed E-state index contributed by atoms with van der Waals surface area (Å²) < 4.78 is 1.67. The van der Waals surface area contributed by atoms with Gasteiger partial charge in [0, 0.05) is 25.7 Å². The molecule has 0 aromatic carbocycles. The molecule has 1 aliphatic heterocycles. The minimum atomic E-state index is 0.0109. The van der Waals surface area contributed by atoms with Gasteiger partial charge >= 0.3 is 0 Å². The van der Waals surface area contributed by atoms with E-state index in [0.29, 0.717) is 29.0 Å². The number of hydrogen-bond donors (Lipinski definition) is 1. The van der Waals surface area contributed by atoms with Crippen LogP contribution in [0.25, 0.3) is 0 Å². The molecule has 2 heterocycles. The predicted molar refractivity (Wildman–Crippen MR) is 75.6 cm³/mol. The number of hydrogen-bond acceptors (Lipinski definition) is 3. The quantitative estimate of drug-likeness (QED) is 0.919. The molecule has 0 bridgehead atoms. The summed E-state index contributed by atoms with van der Waals surface area (Å²) in [6.07, 6.45) is 1.97. The Hall–Kier alpha value is -1.07. The Bertz CT molecular complexity index is 463. The molecule has 0 unspecified atom stereocenters. The number of amides is 1. The monoisotopic (exact) mass is 284 g/mol. The molecular weight excluding hydrogens is 264 g/mol. The average molecular weight is 285 g/mol. The van der Waals surface area contributed by atoms with Crippen molar-refractivity contribution < 1.29 is 4.79 Å². The Morgan fingerprint density at radius 3 is 2.58 bits per heavy atom. The molecule has 1 N–H and O–H groups in total. The highest BCUT2D eigenvalue weighted by atomic mass is 35.5. The first-order chi connectivity index (χ1) is 9.08. The second-order valence-electron chi connectivity index (χ2n) is 4.92. The topological polar surface area (TPSA) is 50.2 Å². The molecule has 1 amide bonds. The summed E-state index contributed by atoms with van der Waals surface area (Å²) in [5, 5.41) is 8.02. The van der Waals surface area contributed by atoms with Crippen LogP contribution >= 0.6 is 11.6 Å². The van der Waals surface area contributed by atoms with Crippen LogP contribution in [0.2, 0.25) is 5.15 Å². The fourth-order valence-electron chi connectivity index (χ4n) is 2.54. The summed E-state index contributed by atoms with van der Waals surface area (Å²) in [7, 11) is 1.97. The maximum atomic E-state index is 12.5. The number of carbonyl (C=O) groups excluding carboxylic acids is 1. The first-order valence-electron chi connectivity index (χ1n) is 6.77. The average Bonchev–Trinajstić information content (AvgIpc) is 2.72. The number of nitrogens with one attached hydrogen (secondary N) is 1. The van der Waals surface area contributed by atoms with Crippen molar-refractivity contribution >= 4 is 17.5 Å². The number of carbonyl (C=O) groups is 1. The van der Waals surface area contributed by atoms with Crippen LogP contribution in [0.5, 0.6) is 0 Å². The summed E-state index contributed by atoms with van der Waals surface area (Å²) in [4.78, 5) is 14.4. The highest BCUT2D eigenvalue weighted by Gasteiger charge is 2.27. The van der Waals surface area contributed by atoms with Crippen molar-refractivity contribution in [2.45, 2.75) is 39.3 Å². The van der Waals surface area contributed by atoms with Crippen molar-refractivity contribution in [1.82, 2.24) is 20.0 Å². The van der Waals surface area contributed by atoms with Crippen LogP contribution in [0.4, 0.5) is 0 Å². The van der Waals surface area contributed by atoms with E-state index >= 15 is 0 Å². The van der Waals surface area contributed by atoms with Gasteiger partial charge in [0.1, 0.15) is 5.15 Å². The third-order valence-electron chi connectivity index (χ3n) is 3.77. The van der Waals surface area contributed by atoms with Crippen molar-refractivity contribution in [2.24, 2.45) is 0 Å². The van der Waals surface area contributed by atoms with Crippen molar-refractivity contribution in [3.05, 3.63) is 16.4 Å². The van der Waals surface area contributed by atoms with E-state index in [9.17, 15) is 4.79 Å². The zero-order chi connectivity index (χ0) is 14.0. The van der Waals surface area contributed by atoms with Gasteiger partial charge in [-0.1, -0.05) is 11.6 Å². The molecule has 1 aromatic rings. The van der Waals surface area contributed by atoms with E-state index in [1.807, 2.05) is 25.8 Å². The van der Waals surface area contributed by atoms with Gasteiger partial charge in [-0.15, -0.1) is 0 Å². The van der Waals surface area contributed by atoms with E-state index < -0.39 is 0 Å². The van der Waals surface area contributed by atoms with E-state index in [4.69, 9.17) is 11.6 Å². The van der Waals surface area contributed by atoms with Crippen LogP contribution in [0.3, 0.4) is 0 Å². The van der Waals surface area contributed by atoms with Crippen LogP contribution in [-0.2, 0) is 6.54 Å². The zero-order valence-electron chi connectivity index (χ0n) is 11.7. The lowest BCUT2D eigenvalue weighted by atomic mass is 10.0. The smallest absolute Gasteiger partial charge is 0.258 e. The zero-order valence-corrected chi connectivity index (χ0v) is 12.5. The molecule has 0 aliphatic carbocycles. The van der Waals surface area contributed by atoms with Gasteiger partial charge in [0.05, 0.1) is 11.3 Å². The van der Waals surface area contributed by atoms with Gasteiger partial charge in [-0.25, -0.2) is 0 Å². The molecule has 106 valence electrons.